The molecular weight excluding hydrogens is 312 g/mol. The lowest BCUT2D eigenvalue weighted by atomic mass is 10.2. The van der Waals surface area contributed by atoms with Gasteiger partial charge in [-0.2, -0.15) is 0 Å². The second-order valence-corrected chi connectivity index (χ2v) is 15.8. The van der Waals surface area contributed by atoms with Gasteiger partial charge < -0.3 is 13.6 Å². The fourth-order valence-electron chi connectivity index (χ4n) is 1.68. The summed E-state index contributed by atoms with van der Waals surface area (Å²) in [6.45, 7) is 12.8. The van der Waals surface area contributed by atoms with Crippen molar-refractivity contribution in [2.24, 2.45) is 0 Å². The van der Waals surface area contributed by atoms with Crippen LogP contribution in [0.15, 0.2) is 24.3 Å². The van der Waals surface area contributed by atoms with Crippen LogP contribution in [0.2, 0.25) is 39.3 Å². The Balaban J connectivity index is 3.13. The first-order valence-corrected chi connectivity index (χ1v) is 14.1. The molecule has 0 saturated carbocycles. The van der Waals surface area contributed by atoms with Crippen LogP contribution in [-0.2, 0) is 9.53 Å². The molecule has 22 heavy (non-hydrogen) atoms. The van der Waals surface area contributed by atoms with Gasteiger partial charge in [-0.05, 0) is 63.1 Å². The van der Waals surface area contributed by atoms with Crippen molar-refractivity contribution in [3.63, 3.8) is 0 Å². The Hall–Kier alpha value is -1.54. The third-order valence-corrected chi connectivity index (χ3v) is 4.08. The Morgan fingerprint density at radius 1 is 0.955 bits per heavy atom. The van der Waals surface area contributed by atoms with Crippen molar-refractivity contribution >= 4 is 28.7 Å². The summed E-state index contributed by atoms with van der Waals surface area (Å²) in [5.41, 5.74) is 0.876. The molecular formula is C16H26O4Si2. The quantitative estimate of drug-likeness (QED) is 0.441. The van der Waals surface area contributed by atoms with Gasteiger partial charge in [-0.15, -0.1) is 0 Å². The summed E-state index contributed by atoms with van der Waals surface area (Å²) in [5.74, 6) is 1.14. The number of hydrogen-bond donors (Lipinski definition) is 0. The molecule has 0 radical (unpaired) electrons. The number of rotatable bonds is 6. The van der Waals surface area contributed by atoms with Gasteiger partial charge in [0.1, 0.15) is 11.5 Å². The Morgan fingerprint density at radius 3 is 2.00 bits per heavy atom. The summed E-state index contributed by atoms with van der Waals surface area (Å²) in [7, 11) is -2.12. The maximum atomic E-state index is 11.2. The van der Waals surface area contributed by atoms with Gasteiger partial charge in [0.15, 0.2) is 0 Å². The average molecular weight is 339 g/mol. The number of ether oxygens (including phenoxy) is 1. The van der Waals surface area contributed by atoms with Crippen LogP contribution >= 0.6 is 0 Å². The normalized spacial score (nSPS) is 12.3. The van der Waals surface area contributed by atoms with Crippen LogP contribution in [0.1, 0.15) is 5.56 Å². The van der Waals surface area contributed by atoms with E-state index < -0.39 is 16.6 Å². The Kier molecular flexibility index (Phi) is 6.02. The van der Waals surface area contributed by atoms with E-state index in [1.165, 1.54) is 13.2 Å². The third kappa shape index (κ3) is 6.95. The topological polar surface area (TPSA) is 44.8 Å². The number of carbonyl (C=O) groups excluding carboxylic acids is 1. The summed E-state index contributed by atoms with van der Waals surface area (Å²) in [6.07, 6.45) is 3.11. The Bertz CT molecular complexity index is 554. The highest BCUT2D eigenvalue weighted by molar-refractivity contribution is 6.71. The highest BCUT2D eigenvalue weighted by atomic mass is 28.4. The lowest BCUT2D eigenvalue weighted by Gasteiger charge is -2.26. The number of hydrogen-bond acceptors (Lipinski definition) is 4. The largest absolute Gasteiger partial charge is 0.542 e. The third-order valence-electron chi connectivity index (χ3n) is 2.41. The van der Waals surface area contributed by atoms with Gasteiger partial charge in [-0.3, -0.25) is 0 Å². The highest BCUT2D eigenvalue weighted by Crippen LogP contribution is 2.33. The van der Waals surface area contributed by atoms with Crippen LogP contribution in [0.3, 0.4) is 0 Å². The van der Waals surface area contributed by atoms with Crippen LogP contribution in [-0.4, -0.2) is 29.7 Å². The Morgan fingerprint density at radius 2 is 1.50 bits per heavy atom. The van der Waals surface area contributed by atoms with Gasteiger partial charge in [-0.25, -0.2) is 4.79 Å². The predicted molar refractivity (Wildman–Crippen MR) is 95.4 cm³/mol. The molecule has 0 spiro atoms. The zero-order chi connectivity index (χ0) is 17.0. The monoisotopic (exact) mass is 338 g/mol. The van der Waals surface area contributed by atoms with E-state index in [0.717, 1.165) is 17.1 Å². The van der Waals surface area contributed by atoms with E-state index in [9.17, 15) is 4.79 Å². The van der Waals surface area contributed by atoms with Crippen molar-refractivity contribution in [3.05, 3.63) is 29.8 Å². The number of esters is 1. The lowest BCUT2D eigenvalue weighted by molar-refractivity contribution is -0.134. The van der Waals surface area contributed by atoms with E-state index in [-0.39, 0.29) is 5.97 Å². The van der Waals surface area contributed by atoms with E-state index in [0.29, 0.717) is 0 Å². The van der Waals surface area contributed by atoms with Crippen molar-refractivity contribution in [2.45, 2.75) is 39.3 Å². The van der Waals surface area contributed by atoms with E-state index in [4.69, 9.17) is 8.85 Å². The fraction of sp³-hybridized carbons (Fsp3) is 0.438. The summed E-state index contributed by atoms with van der Waals surface area (Å²) >= 11 is 0. The van der Waals surface area contributed by atoms with Crippen LogP contribution < -0.4 is 8.85 Å². The Labute approximate surface area is 135 Å². The van der Waals surface area contributed by atoms with Crippen LogP contribution in [0.5, 0.6) is 11.5 Å². The van der Waals surface area contributed by atoms with E-state index >= 15 is 0 Å². The molecule has 1 rings (SSSR count). The second kappa shape index (κ2) is 7.15. The predicted octanol–water partition coefficient (Wildman–Crippen LogP) is 4.30. The number of methoxy groups -OCH3 is 1. The molecule has 1 aromatic carbocycles. The maximum Gasteiger partial charge on any atom is 0.330 e. The summed E-state index contributed by atoms with van der Waals surface area (Å²) < 4.78 is 16.8. The molecule has 0 bridgehead atoms. The highest BCUT2D eigenvalue weighted by Gasteiger charge is 2.22. The first kappa shape index (κ1) is 18.5. The average Bonchev–Trinajstić information content (AvgIpc) is 2.35. The van der Waals surface area contributed by atoms with Crippen LogP contribution in [0.25, 0.3) is 6.08 Å². The molecule has 0 N–H and O–H groups in total. The van der Waals surface area contributed by atoms with Gasteiger partial charge in [0.05, 0.1) is 7.11 Å². The lowest BCUT2D eigenvalue weighted by Crippen LogP contribution is -2.32. The van der Waals surface area contributed by atoms with E-state index in [2.05, 4.69) is 44.0 Å². The minimum absolute atomic E-state index is 0.380. The molecule has 1 aromatic rings. The molecule has 4 nitrogen and oxygen atoms in total. The molecule has 0 atom stereocenters. The summed E-state index contributed by atoms with van der Waals surface area (Å²) in [5, 5.41) is 0. The van der Waals surface area contributed by atoms with Crippen LogP contribution in [0, 0.1) is 0 Å². The molecule has 0 aliphatic heterocycles. The molecule has 0 saturated heterocycles. The first-order chi connectivity index (χ1) is 10.00. The van der Waals surface area contributed by atoms with Gasteiger partial charge in [0.25, 0.3) is 0 Å². The molecule has 0 aliphatic carbocycles. The zero-order valence-corrected chi connectivity index (χ0v) is 16.5. The van der Waals surface area contributed by atoms with Gasteiger partial charge in [0, 0.05) is 6.08 Å². The molecule has 122 valence electrons. The van der Waals surface area contributed by atoms with Gasteiger partial charge >= 0.3 is 5.97 Å². The SMILES string of the molecule is COC(=O)C=Cc1ccc(O[Si](C)(C)C)c(O[Si](C)(C)C)c1. The second-order valence-electron chi connectivity index (χ2n) is 6.99. The molecule has 0 aliphatic rings. The fourth-order valence-corrected chi connectivity index (χ4v) is 3.33. The minimum atomic E-state index is -1.76. The van der Waals surface area contributed by atoms with E-state index in [1.54, 1.807) is 6.08 Å². The summed E-state index contributed by atoms with van der Waals surface area (Å²) in [6, 6.07) is 5.73. The van der Waals surface area contributed by atoms with Crippen molar-refractivity contribution in [3.8, 4) is 11.5 Å². The first-order valence-electron chi connectivity index (χ1n) is 7.28. The molecule has 0 unspecified atom stereocenters. The molecule has 0 aromatic heterocycles. The van der Waals surface area contributed by atoms with E-state index in [1.807, 2.05) is 18.2 Å². The standard InChI is InChI=1S/C16H26O4Si2/c1-18-16(17)11-9-13-8-10-14(19-21(2,3)4)15(12-13)20-22(5,6)7/h8-12H,1-7H3. The smallest absolute Gasteiger partial charge is 0.330 e. The molecule has 0 heterocycles. The van der Waals surface area contributed by atoms with Crippen LogP contribution in [0.4, 0.5) is 0 Å². The number of carbonyl (C=O) groups is 1. The maximum absolute atomic E-state index is 11.2. The van der Waals surface area contributed by atoms with Crippen molar-refractivity contribution in [1.29, 1.82) is 0 Å². The zero-order valence-electron chi connectivity index (χ0n) is 14.5. The minimum Gasteiger partial charge on any atom is -0.542 e. The molecule has 0 amide bonds. The van der Waals surface area contributed by atoms with Crippen molar-refractivity contribution < 1.29 is 18.4 Å². The molecule has 0 fully saturated rings. The summed E-state index contributed by atoms with van der Waals surface area (Å²) in [4.78, 5) is 11.2. The van der Waals surface area contributed by atoms with Crippen molar-refractivity contribution in [1.82, 2.24) is 0 Å². The van der Waals surface area contributed by atoms with Gasteiger partial charge in [-0.1, -0.05) is 6.07 Å². The number of benzene rings is 1. The van der Waals surface area contributed by atoms with Crippen molar-refractivity contribution in [2.75, 3.05) is 7.11 Å². The molecule has 6 heteroatoms. The van der Waals surface area contributed by atoms with Gasteiger partial charge in [0.2, 0.25) is 16.6 Å².